The van der Waals surface area contributed by atoms with Gasteiger partial charge < -0.3 is 14.7 Å². The third kappa shape index (κ3) is 6.04. The number of hydrogen-bond acceptors (Lipinski definition) is 6. The minimum atomic E-state index is -0.225. The maximum absolute atomic E-state index is 14.0. The Bertz CT molecular complexity index is 531. The molecule has 0 aromatic heterocycles. The van der Waals surface area contributed by atoms with E-state index in [2.05, 4.69) is 75.0 Å². The summed E-state index contributed by atoms with van der Waals surface area (Å²) in [5.74, 6) is -0.0166. The number of hydrogen-bond donors (Lipinski definition) is 0. The van der Waals surface area contributed by atoms with Crippen LogP contribution in [0.3, 0.4) is 0 Å². The van der Waals surface area contributed by atoms with E-state index in [0.29, 0.717) is 26.6 Å². The van der Waals surface area contributed by atoms with Gasteiger partial charge in [-0.05, 0) is 52.4 Å². The molecule has 9 nitrogen and oxygen atoms in total. The van der Waals surface area contributed by atoms with Crippen LogP contribution in [0.4, 0.5) is 4.79 Å². The number of rotatable bonds is 16. The molecule has 2 heterocycles. The summed E-state index contributed by atoms with van der Waals surface area (Å²) in [6.07, 6.45) is -0.225. The van der Waals surface area contributed by atoms with E-state index >= 15 is 0 Å². The third-order valence-electron chi connectivity index (χ3n) is 7.90. The van der Waals surface area contributed by atoms with Crippen LogP contribution in [-0.2, 0) is 4.79 Å². The first-order valence-corrected chi connectivity index (χ1v) is 13.6. The van der Waals surface area contributed by atoms with E-state index in [9.17, 15) is 9.59 Å². The SMILES string of the molecule is CCN(CC)C[C@@H]1C(=O)N(CN(CC)CC)[C@@H]2[C@H]1N(CN(CC)CC)C(=O)N2CN(CC)CC. The molecule has 0 aromatic rings. The molecule has 3 atom stereocenters. The topological polar surface area (TPSA) is 56.8 Å². The molecule has 198 valence electrons. The predicted molar refractivity (Wildman–Crippen MR) is 138 cm³/mol. The molecule has 0 bridgehead atoms. The van der Waals surface area contributed by atoms with Crippen LogP contribution in [0.1, 0.15) is 55.4 Å². The van der Waals surface area contributed by atoms with Crippen LogP contribution >= 0.6 is 0 Å². The van der Waals surface area contributed by atoms with Gasteiger partial charge in [0, 0.05) is 6.54 Å². The summed E-state index contributed by atoms with van der Waals surface area (Å²) in [6, 6.07) is -0.0669. The summed E-state index contributed by atoms with van der Waals surface area (Å²) in [7, 11) is 0. The molecule has 0 saturated carbocycles. The van der Waals surface area contributed by atoms with Crippen molar-refractivity contribution < 1.29 is 9.59 Å². The Hall–Kier alpha value is -1.42. The maximum atomic E-state index is 14.0. The highest BCUT2D eigenvalue weighted by molar-refractivity contribution is 5.88. The predicted octanol–water partition coefficient (Wildman–Crippen LogP) is 2.12. The maximum Gasteiger partial charge on any atom is 0.324 e. The molecule has 2 aliphatic rings. The Balaban J connectivity index is 2.52. The fourth-order valence-electron chi connectivity index (χ4n) is 5.33. The first kappa shape index (κ1) is 28.8. The Morgan fingerprint density at radius 3 is 1.35 bits per heavy atom. The largest absolute Gasteiger partial charge is 0.324 e. The monoisotopic (exact) mass is 481 g/mol. The minimum Gasteiger partial charge on any atom is -0.306 e. The first-order chi connectivity index (χ1) is 16.3. The molecule has 0 unspecified atom stereocenters. The standard InChI is InChI=1S/C25H51N7O2/c1-9-26(10-2)17-21-22-23(31(24(21)33)19-28(13-5)14-6)32(20-29(15-7)16-8)25(34)30(22)18-27(11-3)12-4/h21-23H,9-20H2,1-8H3/t21-,22-,23-/m0/s1. The molecule has 0 radical (unpaired) electrons. The number of fused-ring (bicyclic) bond motifs is 1. The fourth-order valence-corrected chi connectivity index (χ4v) is 5.33. The van der Waals surface area contributed by atoms with Gasteiger partial charge in [-0.1, -0.05) is 55.4 Å². The van der Waals surface area contributed by atoms with E-state index in [-0.39, 0.29) is 30.1 Å². The number of urea groups is 1. The highest BCUT2D eigenvalue weighted by atomic mass is 16.2. The van der Waals surface area contributed by atoms with Crippen LogP contribution in [0.5, 0.6) is 0 Å². The van der Waals surface area contributed by atoms with E-state index in [1.165, 1.54) is 0 Å². The molecule has 0 spiro atoms. The lowest BCUT2D eigenvalue weighted by molar-refractivity contribution is -0.136. The Kier molecular flexibility index (Phi) is 11.5. The molecule has 0 aromatic carbocycles. The minimum absolute atomic E-state index is 0.0652. The number of carbonyl (C=O) groups is 2. The van der Waals surface area contributed by atoms with Crippen molar-refractivity contribution in [1.82, 2.24) is 34.3 Å². The van der Waals surface area contributed by atoms with Crippen LogP contribution in [0.2, 0.25) is 0 Å². The van der Waals surface area contributed by atoms with E-state index in [1.54, 1.807) is 0 Å². The molecule has 2 aliphatic heterocycles. The van der Waals surface area contributed by atoms with Gasteiger partial charge in [-0.3, -0.25) is 24.4 Å². The number of nitrogens with zero attached hydrogens (tertiary/aromatic N) is 7. The van der Waals surface area contributed by atoms with Crippen molar-refractivity contribution in [2.45, 2.75) is 67.6 Å². The molecular formula is C25H51N7O2. The second-order valence-corrected chi connectivity index (χ2v) is 9.36. The van der Waals surface area contributed by atoms with Gasteiger partial charge in [0.25, 0.3) is 0 Å². The zero-order chi connectivity index (χ0) is 25.4. The molecule has 0 aliphatic carbocycles. The number of carbonyl (C=O) groups excluding carboxylic acids is 2. The Morgan fingerprint density at radius 1 is 0.559 bits per heavy atom. The van der Waals surface area contributed by atoms with Gasteiger partial charge in [0.1, 0.15) is 6.17 Å². The second kappa shape index (κ2) is 13.6. The summed E-state index contributed by atoms with van der Waals surface area (Å²) in [5, 5.41) is 0. The first-order valence-electron chi connectivity index (χ1n) is 13.6. The van der Waals surface area contributed by atoms with E-state index in [1.807, 2.05) is 14.7 Å². The van der Waals surface area contributed by atoms with Crippen molar-refractivity contribution in [3.8, 4) is 0 Å². The molecule has 9 heteroatoms. The van der Waals surface area contributed by atoms with E-state index in [0.717, 1.165) is 52.4 Å². The third-order valence-corrected chi connectivity index (χ3v) is 7.90. The smallest absolute Gasteiger partial charge is 0.306 e. The lowest BCUT2D eigenvalue weighted by Crippen LogP contribution is -2.53. The van der Waals surface area contributed by atoms with Crippen LogP contribution in [0.15, 0.2) is 0 Å². The van der Waals surface area contributed by atoms with E-state index < -0.39 is 0 Å². The van der Waals surface area contributed by atoms with Crippen LogP contribution in [0.25, 0.3) is 0 Å². The molecule has 34 heavy (non-hydrogen) atoms. The van der Waals surface area contributed by atoms with E-state index in [4.69, 9.17) is 0 Å². The average molecular weight is 482 g/mol. The lowest BCUT2D eigenvalue weighted by Gasteiger charge is -2.36. The fraction of sp³-hybridized carbons (Fsp3) is 0.920. The van der Waals surface area contributed by atoms with Crippen LogP contribution in [-0.4, -0.2) is 137 Å². The molecule has 2 fully saturated rings. The zero-order valence-corrected chi connectivity index (χ0v) is 23.2. The summed E-state index contributed by atoms with van der Waals surface area (Å²) in [4.78, 5) is 43.1. The molecule has 2 rings (SSSR count). The van der Waals surface area contributed by atoms with Gasteiger partial charge in [0.05, 0.1) is 32.0 Å². The summed E-state index contributed by atoms with van der Waals surface area (Å²) >= 11 is 0. The second-order valence-electron chi connectivity index (χ2n) is 9.36. The average Bonchev–Trinajstić information content (AvgIpc) is 3.27. The van der Waals surface area contributed by atoms with Crippen molar-refractivity contribution in [2.75, 3.05) is 78.9 Å². The van der Waals surface area contributed by atoms with Crippen molar-refractivity contribution in [1.29, 1.82) is 0 Å². The molecule has 3 amide bonds. The van der Waals surface area contributed by atoms with Crippen molar-refractivity contribution in [2.24, 2.45) is 5.92 Å². The summed E-state index contributed by atoms with van der Waals surface area (Å²) in [5.41, 5.74) is 0. The molecule has 0 N–H and O–H groups in total. The van der Waals surface area contributed by atoms with Gasteiger partial charge >= 0.3 is 6.03 Å². The molecular weight excluding hydrogens is 430 g/mol. The number of likely N-dealkylation sites (tertiary alicyclic amines) is 1. The van der Waals surface area contributed by atoms with Crippen molar-refractivity contribution in [3.05, 3.63) is 0 Å². The van der Waals surface area contributed by atoms with Crippen molar-refractivity contribution in [3.63, 3.8) is 0 Å². The Morgan fingerprint density at radius 2 is 0.941 bits per heavy atom. The van der Waals surface area contributed by atoms with Crippen LogP contribution < -0.4 is 0 Å². The highest BCUT2D eigenvalue weighted by Crippen LogP contribution is 2.38. The number of amides is 3. The normalized spacial score (nSPS) is 23.1. The van der Waals surface area contributed by atoms with Gasteiger partial charge in [0.2, 0.25) is 5.91 Å². The van der Waals surface area contributed by atoms with Crippen LogP contribution in [0, 0.1) is 5.92 Å². The summed E-state index contributed by atoms with van der Waals surface area (Å²) < 4.78 is 0. The summed E-state index contributed by atoms with van der Waals surface area (Å²) in [6.45, 7) is 26.6. The van der Waals surface area contributed by atoms with Gasteiger partial charge in [-0.25, -0.2) is 4.79 Å². The lowest BCUT2D eigenvalue weighted by atomic mass is 10.00. The quantitative estimate of drug-likeness (QED) is 0.337. The molecule has 2 saturated heterocycles. The highest BCUT2D eigenvalue weighted by Gasteiger charge is 2.60. The zero-order valence-electron chi connectivity index (χ0n) is 23.2. The van der Waals surface area contributed by atoms with Gasteiger partial charge in [0.15, 0.2) is 0 Å². The van der Waals surface area contributed by atoms with Crippen molar-refractivity contribution >= 4 is 11.9 Å². The Labute approximate surface area is 208 Å². The van der Waals surface area contributed by atoms with Gasteiger partial charge in [-0.15, -0.1) is 0 Å². The van der Waals surface area contributed by atoms with Gasteiger partial charge in [-0.2, -0.15) is 0 Å².